The molecular formula is C22H36N2O7S. The zero-order valence-electron chi connectivity index (χ0n) is 20.0. The third-order valence-corrected chi connectivity index (χ3v) is 5.22. The Morgan fingerprint density at radius 3 is 1.62 bits per heavy atom. The minimum atomic E-state index is -4.02. The first-order valence-electron chi connectivity index (χ1n) is 10.5. The number of hydrogen-bond acceptors (Lipinski definition) is 7. The molecule has 0 saturated carbocycles. The first-order chi connectivity index (χ1) is 14.6. The van der Waals surface area contributed by atoms with Gasteiger partial charge in [0.15, 0.2) is 0 Å². The molecule has 0 unspecified atom stereocenters. The second-order valence-corrected chi connectivity index (χ2v) is 11.0. The minimum absolute atomic E-state index is 0.0355. The van der Waals surface area contributed by atoms with E-state index in [9.17, 15) is 18.0 Å². The van der Waals surface area contributed by atoms with Gasteiger partial charge in [0.25, 0.3) is 10.1 Å². The lowest BCUT2D eigenvalue weighted by Crippen LogP contribution is -2.36. The number of amides is 2. The van der Waals surface area contributed by atoms with Crippen LogP contribution in [0.15, 0.2) is 29.2 Å². The number of carbonyl (C=O) groups excluding carboxylic acids is 2. The van der Waals surface area contributed by atoms with Crippen molar-refractivity contribution in [3.05, 3.63) is 29.8 Å². The monoisotopic (exact) mass is 472 g/mol. The number of ether oxygens (including phenoxy) is 2. The van der Waals surface area contributed by atoms with E-state index in [1.165, 1.54) is 12.1 Å². The van der Waals surface area contributed by atoms with Gasteiger partial charge in [-0.15, -0.1) is 0 Å². The van der Waals surface area contributed by atoms with E-state index in [0.717, 1.165) is 5.56 Å². The van der Waals surface area contributed by atoms with E-state index in [2.05, 4.69) is 10.6 Å². The van der Waals surface area contributed by atoms with Crippen molar-refractivity contribution in [3.63, 3.8) is 0 Å². The van der Waals surface area contributed by atoms with Gasteiger partial charge in [-0.25, -0.2) is 9.59 Å². The first kappa shape index (κ1) is 27.7. The highest BCUT2D eigenvalue weighted by Crippen LogP contribution is 2.18. The molecule has 0 heterocycles. The van der Waals surface area contributed by atoms with Crippen molar-refractivity contribution < 1.29 is 31.7 Å². The maximum Gasteiger partial charge on any atom is 0.407 e. The van der Waals surface area contributed by atoms with E-state index in [0.29, 0.717) is 0 Å². The number of benzene rings is 1. The summed E-state index contributed by atoms with van der Waals surface area (Å²) in [6.07, 6.45) is -1.61. The maximum atomic E-state index is 12.7. The van der Waals surface area contributed by atoms with E-state index in [1.54, 1.807) is 53.7 Å². The number of aryl methyl sites for hydroxylation is 1. The van der Waals surface area contributed by atoms with Crippen LogP contribution in [-0.2, 0) is 23.8 Å². The number of carbonyl (C=O) groups is 2. The van der Waals surface area contributed by atoms with Gasteiger partial charge in [-0.1, -0.05) is 17.7 Å². The van der Waals surface area contributed by atoms with Gasteiger partial charge in [0.2, 0.25) is 0 Å². The van der Waals surface area contributed by atoms with Crippen LogP contribution in [-0.4, -0.2) is 51.0 Å². The largest absolute Gasteiger partial charge is 0.444 e. The SMILES string of the molecule is Cc1ccc(S(=O)(=O)OC(CCNC(=O)OC(C)(C)C)CCNC(=O)OC(C)(C)C)cc1. The molecule has 1 aromatic carbocycles. The van der Waals surface area contributed by atoms with Crippen molar-refractivity contribution >= 4 is 22.3 Å². The lowest BCUT2D eigenvalue weighted by molar-refractivity contribution is 0.0519. The van der Waals surface area contributed by atoms with E-state index in [1.807, 2.05) is 6.92 Å². The van der Waals surface area contributed by atoms with Gasteiger partial charge in [0, 0.05) is 13.1 Å². The Balaban J connectivity index is 2.75. The number of rotatable bonds is 9. The Morgan fingerprint density at radius 1 is 0.844 bits per heavy atom. The van der Waals surface area contributed by atoms with Crippen LogP contribution in [0.2, 0.25) is 0 Å². The van der Waals surface area contributed by atoms with Gasteiger partial charge >= 0.3 is 12.2 Å². The molecule has 2 N–H and O–H groups in total. The number of alkyl carbamates (subject to hydrolysis) is 2. The molecule has 9 nitrogen and oxygen atoms in total. The lowest BCUT2D eigenvalue weighted by atomic mass is 10.2. The van der Waals surface area contributed by atoms with Crippen LogP contribution >= 0.6 is 0 Å². The predicted molar refractivity (Wildman–Crippen MR) is 121 cm³/mol. The lowest BCUT2D eigenvalue weighted by Gasteiger charge is -2.22. The molecule has 0 aliphatic rings. The average molecular weight is 473 g/mol. The second-order valence-electron chi connectivity index (χ2n) is 9.42. The summed E-state index contributed by atoms with van der Waals surface area (Å²) in [4.78, 5) is 23.7. The van der Waals surface area contributed by atoms with Gasteiger partial charge in [0.05, 0.1) is 11.0 Å². The summed E-state index contributed by atoms with van der Waals surface area (Å²) in [5.74, 6) is 0. The molecule has 32 heavy (non-hydrogen) atoms. The Kier molecular flexibility index (Phi) is 9.96. The van der Waals surface area contributed by atoms with Gasteiger partial charge < -0.3 is 20.1 Å². The van der Waals surface area contributed by atoms with Crippen molar-refractivity contribution in [1.82, 2.24) is 10.6 Å². The summed E-state index contributed by atoms with van der Waals surface area (Å²) in [6, 6.07) is 6.30. The molecule has 0 radical (unpaired) electrons. The Hall–Kier alpha value is -2.33. The molecule has 1 rings (SSSR count). The fraction of sp³-hybridized carbons (Fsp3) is 0.636. The van der Waals surface area contributed by atoms with Crippen LogP contribution in [0.1, 0.15) is 59.9 Å². The van der Waals surface area contributed by atoms with Crippen molar-refractivity contribution in [2.45, 2.75) is 83.5 Å². The average Bonchev–Trinajstić information content (AvgIpc) is 2.58. The molecule has 0 aliphatic heterocycles. The summed E-state index contributed by atoms with van der Waals surface area (Å²) >= 11 is 0. The Labute approximate surface area is 191 Å². The van der Waals surface area contributed by atoms with Crippen LogP contribution in [0.4, 0.5) is 9.59 Å². The van der Waals surface area contributed by atoms with Crippen LogP contribution in [0, 0.1) is 6.92 Å². The van der Waals surface area contributed by atoms with E-state index in [-0.39, 0.29) is 30.8 Å². The fourth-order valence-electron chi connectivity index (χ4n) is 2.48. The molecule has 10 heteroatoms. The molecule has 0 fully saturated rings. The van der Waals surface area contributed by atoms with Gasteiger partial charge in [0.1, 0.15) is 11.2 Å². The van der Waals surface area contributed by atoms with Crippen molar-refractivity contribution in [3.8, 4) is 0 Å². The smallest absolute Gasteiger partial charge is 0.407 e. The summed E-state index contributed by atoms with van der Waals surface area (Å²) in [5.41, 5.74) is -0.373. The molecular weight excluding hydrogens is 436 g/mol. The van der Waals surface area contributed by atoms with Gasteiger partial charge in [-0.05, 0) is 73.4 Å². The number of hydrogen-bond donors (Lipinski definition) is 2. The van der Waals surface area contributed by atoms with Crippen LogP contribution in [0.25, 0.3) is 0 Å². The molecule has 1 aromatic rings. The van der Waals surface area contributed by atoms with E-state index >= 15 is 0 Å². The third kappa shape index (κ3) is 11.9. The standard InChI is InChI=1S/C22H36N2O7S/c1-16-8-10-18(11-9-16)32(27,28)31-17(12-14-23-19(25)29-21(2,3)4)13-15-24-20(26)30-22(5,6)7/h8-11,17H,12-15H2,1-7H3,(H,23,25)(H,24,26). The quantitative estimate of drug-likeness (QED) is 0.523. The van der Waals surface area contributed by atoms with Crippen molar-refractivity contribution in [1.29, 1.82) is 0 Å². The minimum Gasteiger partial charge on any atom is -0.444 e. The molecule has 182 valence electrons. The Bertz CT molecular complexity index is 820. The molecule has 2 amide bonds. The van der Waals surface area contributed by atoms with Crippen LogP contribution in [0.5, 0.6) is 0 Å². The summed E-state index contributed by atoms with van der Waals surface area (Å²) in [7, 11) is -4.02. The second kappa shape index (κ2) is 11.5. The number of nitrogens with one attached hydrogen (secondary N) is 2. The summed E-state index contributed by atoms with van der Waals surface area (Å²) < 4.78 is 41.1. The molecule has 0 bridgehead atoms. The normalized spacial score (nSPS) is 12.4. The van der Waals surface area contributed by atoms with E-state index < -0.39 is 39.6 Å². The summed E-state index contributed by atoms with van der Waals surface area (Å²) in [5, 5.41) is 5.17. The predicted octanol–water partition coefficient (Wildman–Crippen LogP) is 3.90. The maximum absolute atomic E-state index is 12.7. The van der Waals surface area contributed by atoms with E-state index in [4.69, 9.17) is 13.7 Å². The topological polar surface area (TPSA) is 120 Å². The Morgan fingerprint density at radius 2 is 1.25 bits per heavy atom. The first-order valence-corrected chi connectivity index (χ1v) is 11.9. The zero-order valence-corrected chi connectivity index (χ0v) is 20.8. The highest BCUT2D eigenvalue weighted by molar-refractivity contribution is 7.86. The van der Waals surface area contributed by atoms with Gasteiger partial charge in [-0.3, -0.25) is 4.18 Å². The van der Waals surface area contributed by atoms with Gasteiger partial charge in [-0.2, -0.15) is 8.42 Å². The highest BCUT2D eigenvalue weighted by atomic mass is 32.2. The molecule has 0 aromatic heterocycles. The highest BCUT2D eigenvalue weighted by Gasteiger charge is 2.23. The van der Waals surface area contributed by atoms with Crippen molar-refractivity contribution in [2.75, 3.05) is 13.1 Å². The zero-order chi connectivity index (χ0) is 24.6. The summed E-state index contributed by atoms with van der Waals surface area (Å²) in [6.45, 7) is 12.6. The van der Waals surface area contributed by atoms with Crippen LogP contribution < -0.4 is 10.6 Å². The molecule has 0 spiro atoms. The molecule has 0 atom stereocenters. The third-order valence-electron chi connectivity index (χ3n) is 3.84. The fourth-order valence-corrected chi connectivity index (χ4v) is 3.61. The molecule has 0 aliphatic carbocycles. The van der Waals surface area contributed by atoms with Crippen LogP contribution in [0.3, 0.4) is 0 Å². The molecule has 0 saturated heterocycles. The van der Waals surface area contributed by atoms with Crippen molar-refractivity contribution in [2.24, 2.45) is 0 Å².